The van der Waals surface area contributed by atoms with Crippen LogP contribution in [0.25, 0.3) is 0 Å². The predicted octanol–water partition coefficient (Wildman–Crippen LogP) is 1.52. The summed E-state index contributed by atoms with van der Waals surface area (Å²) >= 11 is 1.77. The molecule has 0 spiro atoms. The number of likely N-dealkylation sites (N-methyl/N-ethyl adjacent to an activating group) is 1. The van der Waals surface area contributed by atoms with E-state index in [1.165, 1.54) is 4.88 Å². The maximum Gasteiger partial charge on any atom is 0.150 e. The van der Waals surface area contributed by atoms with Crippen molar-refractivity contribution in [1.82, 2.24) is 10.2 Å². The fourth-order valence-electron chi connectivity index (χ4n) is 2.39. The summed E-state index contributed by atoms with van der Waals surface area (Å²) in [5, 5.41) is 5.63. The van der Waals surface area contributed by atoms with E-state index in [0.717, 1.165) is 19.4 Å². The standard InChI is InChI=1S/C13H22N2O2S2/c1-15(2)12(13-4-3-7-18-13)10-14-11-5-8-19(16,17)9-6-11/h3-4,7,11-12,14H,5-6,8-10H2,1-2H3. The van der Waals surface area contributed by atoms with Crippen LogP contribution in [0.4, 0.5) is 0 Å². The SMILES string of the molecule is CN(C)C(CNC1CCS(=O)(=O)CC1)c1cccs1. The molecule has 1 aromatic rings. The van der Waals surface area contributed by atoms with Crippen molar-refractivity contribution in [3.05, 3.63) is 22.4 Å². The van der Waals surface area contributed by atoms with E-state index in [-0.39, 0.29) is 0 Å². The smallest absolute Gasteiger partial charge is 0.150 e. The van der Waals surface area contributed by atoms with Crippen LogP contribution in [0.3, 0.4) is 0 Å². The van der Waals surface area contributed by atoms with Crippen LogP contribution >= 0.6 is 11.3 Å². The van der Waals surface area contributed by atoms with Crippen molar-refractivity contribution in [3.63, 3.8) is 0 Å². The topological polar surface area (TPSA) is 49.4 Å². The molecule has 108 valence electrons. The van der Waals surface area contributed by atoms with Gasteiger partial charge in [0, 0.05) is 17.5 Å². The van der Waals surface area contributed by atoms with Crippen LogP contribution in [0.1, 0.15) is 23.8 Å². The molecule has 2 rings (SSSR count). The Labute approximate surface area is 119 Å². The van der Waals surface area contributed by atoms with Crippen LogP contribution in [0, 0.1) is 0 Å². The third kappa shape index (κ3) is 4.27. The maximum absolute atomic E-state index is 11.4. The zero-order valence-corrected chi connectivity index (χ0v) is 13.1. The van der Waals surface area contributed by atoms with Gasteiger partial charge in [-0.15, -0.1) is 11.3 Å². The lowest BCUT2D eigenvalue weighted by molar-refractivity contribution is 0.279. The van der Waals surface area contributed by atoms with Crippen molar-refractivity contribution >= 4 is 21.2 Å². The summed E-state index contributed by atoms with van der Waals surface area (Å²) < 4.78 is 22.8. The van der Waals surface area contributed by atoms with E-state index in [1.807, 2.05) is 0 Å². The average Bonchev–Trinajstić information content (AvgIpc) is 2.84. The van der Waals surface area contributed by atoms with Gasteiger partial charge in [0.2, 0.25) is 0 Å². The summed E-state index contributed by atoms with van der Waals surface area (Å²) in [6.07, 6.45) is 1.49. The van der Waals surface area contributed by atoms with Gasteiger partial charge >= 0.3 is 0 Å². The van der Waals surface area contributed by atoms with E-state index in [0.29, 0.717) is 23.6 Å². The van der Waals surface area contributed by atoms with E-state index in [2.05, 4.69) is 41.8 Å². The number of sulfone groups is 1. The van der Waals surface area contributed by atoms with Gasteiger partial charge in [0.25, 0.3) is 0 Å². The third-order valence-corrected chi connectivity index (χ3v) is 6.34. The van der Waals surface area contributed by atoms with E-state index >= 15 is 0 Å². The van der Waals surface area contributed by atoms with Gasteiger partial charge < -0.3 is 10.2 Å². The van der Waals surface area contributed by atoms with E-state index < -0.39 is 9.84 Å². The molecular weight excluding hydrogens is 280 g/mol. The molecule has 1 fully saturated rings. The first-order chi connectivity index (χ1) is 8.98. The van der Waals surface area contributed by atoms with Gasteiger partial charge in [-0.25, -0.2) is 8.42 Å². The second kappa shape index (κ2) is 6.35. The van der Waals surface area contributed by atoms with Gasteiger partial charge in [-0.05, 0) is 38.4 Å². The Balaban J connectivity index is 1.87. The molecule has 1 atom stereocenters. The summed E-state index contributed by atoms with van der Waals surface area (Å²) in [5.74, 6) is 0.659. The zero-order chi connectivity index (χ0) is 13.9. The molecule has 0 aromatic carbocycles. The largest absolute Gasteiger partial charge is 0.312 e. The number of hydrogen-bond donors (Lipinski definition) is 1. The summed E-state index contributed by atoms with van der Waals surface area (Å²) in [5.41, 5.74) is 0. The lowest BCUT2D eigenvalue weighted by atomic mass is 10.1. The Bertz CT molecular complexity index is 469. The normalized spacial score (nSPS) is 21.6. The van der Waals surface area contributed by atoms with Gasteiger partial charge in [0.05, 0.1) is 17.5 Å². The van der Waals surface area contributed by atoms with Gasteiger partial charge in [0.1, 0.15) is 9.84 Å². The summed E-state index contributed by atoms with van der Waals surface area (Å²) in [4.78, 5) is 3.55. The lowest BCUT2D eigenvalue weighted by Gasteiger charge is -2.28. The molecule has 1 N–H and O–H groups in total. The second-order valence-electron chi connectivity index (χ2n) is 5.33. The zero-order valence-electron chi connectivity index (χ0n) is 11.5. The number of nitrogens with zero attached hydrogens (tertiary/aromatic N) is 1. The van der Waals surface area contributed by atoms with Crippen molar-refractivity contribution in [2.45, 2.75) is 24.9 Å². The van der Waals surface area contributed by atoms with Gasteiger partial charge in [0.15, 0.2) is 0 Å². The number of rotatable bonds is 5. The lowest BCUT2D eigenvalue weighted by Crippen LogP contribution is -2.41. The minimum absolute atomic E-state index is 0.330. The highest BCUT2D eigenvalue weighted by atomic mass is 32.2. The first-order valence-electron chi connectivity index (χ1n) is 6.61. The molecule has 1 unspecified atom stereocenters. The fraction of sp³-hybridized carbons (Fsp3) is 0.692. The number of thiophene rings is 1. The fourth-order valence-corrected chi connectivity index (χ4v) is 4.81. The molecule has 1 aliphatic rings. The molecule has 2 heterocycles. The second-order valence-corrected chi connectivity index (χ2v) is 8.61. The molecule has 0 aliphatic carbocycles. The van der Waals surface area contributed by atoms with Crippen LogP contribution in [-0.4, -0.2) is 51.5 Å². The van der Waals surface area contributed by atoms with Crippen molar-refractivity contribution < 1.29 is 8.42 Å². The molecular formula is C13H22N2O2S2. The minimum atomic E-state index is -2.76. The monoisotopic (exact) mass is 302 g/mol. The van der Waals surface area contributed by atoms with Crippen molar-refractivity contribution in [3.8, 4) is 0 Å². The van der Waals surface area contributed by atoms with Crippen LogP contribution in [0.15, 0.2) is 17.5 Å². The molecule has 0 radical (unpaired) electrons. The Morgan fingerprint density at radius 3 is 2.63 bits per heavy atom. The molecule has 0 amide bonds. The molecule has 0 bridgehead atoms. The van der Waals surface area contributed by atoms with Gasteiger partial charge in [-0.3, -0.25) is 0 Å². The Kier molecular flexibility index (Phi) is 5.00. The highest BCUT2D eigenvalue weighted by molar-refractivity contribution is 7.91. The van der Waals surface area contributed by atoms with Gasteiger partial charge in [-0.2, -0.15) is 0 Å². The van der Waals surface area contributed by atoms with E-state index in [9.17, 15) is 8.42 Å². The highest BCUT2D eigenvalue weighted by Crippen LogP contribution is 2.23. The number of nitrogens with one attached hydrogen (secondary N) is 1. The molecule has 0 saturated carbocycles. The molecule has 1 saturated heterocycles. The Hall–Kier alpha value is -0.430. The minimum Gasteiger partial charge on any atom is -0.312 e. The first kappa shape index (κ1) is 15.0. The van der Waals surface area contributed by atoms with Crippen LogP contribution < -0.4 is 5.32 Å². The summed E-state index contributed by atoms with van der Waals surface area (Å²) in [7, 11) is 1.40. The first-order valence-corrected chi connectivity index (χ1v) is 9.32. The van der Waals surface area contributed by atoms with Crippen LogP contribution in [0.5, 0.6) is 0 Å². The number of hydrogen-bond acceptors (Lipinski definition) is 5. The Morgan fingerprint density at radius 1 is 1.42 bits per heavy atom. The third-order valence-electron chi connectivity index (χ3n) is 3.65. The molecule has 1 aromatic heterocycles. The molecule has 1 aliphatic heterocycles. The van der Waals surface area contributed by atoms with Crippen molar-refractivity contribution in [2.24, 2.45) is 0 Å². The molecule has 4 nitrogen and oxygen atoms in total. The summed E-state index contributed by atoms with van der Waals surface area (Å²) in [6.45, 7) is 0.873. The average molecular weight is 302 g/mol. The van der Waals surface area contributed by atoms with Crippen LogP contribution in [0.2, 0.25) is 0 Å². The Morgan fingerprint density at radius 2 is 2.11 bits per heavy atom. The summed E-state index contributed by atoms with van der Waals surface area (Å²) in [6, 6.07) is 4.93. The maximum atomic E-state index is 11.4. The predicted molar refractivity (Wildman–Crippen MR) is 80.4 cm³/mol. The van der Waals surface area contributed by atoms with E-state index in [4.69, 9.17) is 0 Å². The van der Waals surface area contributed by atoms with Crippen LogP contribution in [-0.2, 0) is 9.84 Å². The molecule has 19 heavy (non-hydrogen) atoms. The van der Waals surface area contributed by atoms with Crippen molar-refractivity contribution in [1.29, 1.82) is 0 Å². The van der Waals surface area contributed by atoms with E-state index in [1.54, 1.807) is 11.3 Å². The quantitative estimate of drug-likeness (QED) is 0.896. The van der Waals surface area contributed by atoms with Crippen molar-refractivity contribution in [2.75, 3.05) is 32.1 Å². The molecule has 6 heteroatoms. The van der Waals surface area contributed by atoms with Gasteiger partial charge in [-0.1, -0.05) is 6.07 Å². The highest BCUT2D eigenvalue weighted by Gasteiger charge is 2.24.